The fourth-order valence-electron chi connectivity index (χ4n) is 2.72. The molecule has 1 saturated heterocycles. The van der Waals surface area contributed by atoms with Gasteiger partial charge in [-0.25, -0.2) is 0 Å². The molecule has 1 aromatic rings. The first-order valence-corrected chi connectivity index (χ1v) is 7.90. The maximum Gasteiger partial charge on any atom is 0.323 e. The van der Waals surface area contributed by atoms with Crippen LogP contribution in [0.15, 0.2) is 30.3 Å². The summed E-state index contributed by atoms with van der Waals surface area (Å²) in [6, 6.07) is 9.16. The van der Waals surface area contributed by atoms with Crippen molar-refractivity contribution in [1.29, 1.82) is 0 Å². The predicted octanol–water partition coefficient (Wildman–Crippen LogP) is 1.50. The molecule has 0 aromatic heterocycles. The number of ether oxygens (including phenoxy) is 1. The van der Waals surface area contributed by atoms with Gasteiger partial charge in [-0.15, -0.1) is 0 Å². The zero-order chi connectivity index (χ0) is 15.9. The maximum atomic E-state index is 12.8. The highest BCUT2D eigenvalue weighted by atomic mass is 16.5. The van der Waals surface area contributed by atoms with E-state index in [-0.39, 0.29) is 12.5 Å². The summed E-state index contributed by atoms with van der Waals surface area (Å²) in [5, 5.41) is 0. The molecule has 1 fully saturated rings. The molecule has 2 rings (SSSR count). The first-order chi connectivity index (χ1) is 10.7. The summed E-state index contributed by atoms with van der Waals surface area (Å²) in [5.74, 6) is -1.47. The lowest BCUT2D eigenvalue weighted by Crippen LogP contribution is -2.50. The molecular formula is C17H24N2O3. The summed E-state index contributed by atoms with van der Waals surface area (Å²) in [7, 11) is 0. The summed E-state index contributed by atoms with van der Waals surface area (Å²) in [6.45, 7) is 8.17. The number of nitrogens with zero attached hydrogens (tertiary/aromatic N) is 2. The predicted molar refractivity (Wildman–Crippen MR) is 84.5 cm³/mol. The number of piperazine rings is 1. The first kappa shape index (κ1) is 16.5. The van der Waals surface area contributed by atoms with Crippen molar-refractivity contribution in [2.24, 2.45) is 0 Å². The Hall–Kier alpha value is -1.88. The van der Waals surface area contributed by atoms with Crippen molar-refractivity contribution in [1.82, 2.24) is 9.80 Å². The van der Waals surface area contributed by atoms with Gasteiger partial charge in [-0.1, -0.05) is 37.3 Å². The molecular weight excluding hydrogens is 280 g/mol. The standard InChI is InChI=1S/C17H24N2O3/c1-3-18-10-12-19(13-11-18)16(20)15(17(21)22-4-2)14-8-6-5-7-9-14/h5-9,15H,3-4,10-13H2,1-2H3. The van der Waals surface area contributed by atoms with Crippen LogP contribution >= 0.6 is 0 Å². The molecule has 0 N–H and O–H groups in total. The van der Waals surface area contributed by atoms with Gasteiger partial charge < -0.3 is 14.5 Å². The zero-order valence-corrected chi connectivity index (χ0v) is 13.3. The van der Waals surface area contributed by atoms with Crippen molar-refractivity contribution in [3.8, 4) is 0 Å². The van der Waals surface area contributed by atoms with Gasteiger partial charge in [-0.05, 0) is 19.0 Å². The first-order valence-electron chi connectivity index (χ1n) is 7.90. The molecule has 0 bridgehead atoms. The molecule has 5 nitrogen and oxygen atoms in total. The van der Waals surface area contributed by atoms with Gasteiger partial charge in [0.25, 0.3) is 0 Å². The second kappa shape index (κ2) is 7.94. The van der Waals surface area contributed by atoms with Gasteiger partial charge in [-0.2, -0.15) is 0 Å². The fourth-order valence-corrected chi connectivity index (χ4v) is 2.72. The molecule has 0 spiro atoms. The summed E-state index contributed by atoms with van der Waals surface area (Å²) < 4.78 is 5.12. The third-order valence-electron chi connectivity index (χ3n) is 4.03. The van der Waals surface area contributed by atoms with Crippen LogP contribution in [0.25, 0.3) is 0 Å². The molecule has 5 heteroatoms. The molecule has 0 saturated carbocycles. The average Bonchev–Trinajstić information content (AvgIpc) is 2.56. The highest BCUT2D eigenvalue weighted by molar-refractivity contribution is 6.03. The number of hydrogen-bond donors (Lipinski definition) is 0. The Labute approximate surface area is 131 Å². The topological polar surface area (TPSA) is 49.9 Å². The van der Waals surface area contributed by atoms with E-state index in [4.69, 9.17) is 4.74 Å². The minimum atomic E-state index is -0.852. The highest BCUT2D eigenvalue weighted by Crippen LogP contribution is 2.21. The lowest BCUT2D eigenvalue weighted by molar-refractivity contribution is -0.152. The molecule has 1 unspecified atom stereocenters. The van der Waals surface area contributed by atoms with Gasteiger partial charge in [0.15, 0.2) is 5.92 Å². The van der Waals surface area contributed by atoms with E-state index >= 15 is 0 Å². The van der Waals surface area contributed by atoms with Crippen molar-refractivity contribution in [3.05, 3.63) is 35.9 Å². The van der Waals surface area contributed by atoms with Gasteiger partial charge in [0.1, 0.15) is 0 Å². The minimum Gasteiger partial charge on any atom is -0.465 e. The third kappa shape index (κ3) is 3.85. The minimum absolute atomic E-state index is 0.152. The molecule has 1 aliphatic rings. The molecule has 1 atom stereocenters. The van der Waals surface area contributed by atoms with E-state index in [0.29, 0.717) is 18.7 Å². The van der Waals surface area contributed by atoms with E-state index in [1.54, 1.807) is 11.8 Å². The average molecular weight is 304 g/mol. The Morgan fingerprint density at radius 2 is 1.73 bits per heavy atom. The molecule has 1 heterocycles. The van der Waals surface area contributed by atoms with E-state index in [9.17, 15) is 9.59 Å². The van der Waals surface area contributed by atoms with E-state index in [2.05, 4.69) is 11.8 Å². The SMILES string of the molecule is CCOC(=O)C(C(=O)N1CCN(CC)CC1)c1ccccc1. The van der Waals surface area contributed by atoms with Gasteiger partial charge in [0.05, 0.1) is 6.61 Å². The van der Waals surface area contributed by atoms with E-state index < -0.39 is 11.9 Å². The van der Waals surface area contributed by atoms with Crippen molar-refractivity contribution >= 4 is 11.9 Å². The molecule has 22 heavy (non-hydrogen) atoms. The number of esters is 1. The van der Waals surface area contributed by atoms with E-state index in [0.717, 1.165) is 19.6 Å². The lowest BCUT2D eigenvalue weighted by atomic mass is 9.97. The summed E-state index contributed by atoms with van der Waals surface area (Å²) in [6.07, 6.45) is 0. The number of benzene rings is 1. The van der Waals surface area contributed by atoms with Gasteiger partial charge in [0, 0.05) is 26.2 Å². The van der Waals surface area contributed by atoms with Crippen molar-refractivity contribution in [2.45, 2.75) is 19.8 Å². The van der Waals surface area contributed by atoms with Crippen LogP contribution in [0.5, 0.6) is 0 Å². The van der Waals surface area contributed by atoms with Gasteiger partial charge in [0.2, 0.25) is 5.91 Å². The van der Waals surface area contributed by atoms with Crippen LogP contribution in [-0.4, -0.2) is 61.0 Å². The van der Waals surface area contributed by atoms with Crippen LogP contribution in [0.2, 0.25) is 0 Å². The molecule has 0 radical (unpaired) electrons. The molecule has 1 aromatic carbocycles. The summed E-state index contributed by atoms with van der Waals surface area (Å²) >= 11 is 0. The number of rotatable bonds is 5. The van der Waals surface area contributed by atoms with Crippen molar-refractivity contribution in [3.63, 3.8) is 0 Å². The van der Waals surface area contributed by atoms with Crippen LogP contribution < -0.4 is 0 Å². The van der Waals surface area contributed by atoms with Crippen molar-refractivity contribution < 1.29 is 14.3 Å². The van der Waals surface area contributed by atoms with Crippen molar-refractivity contribution in [2.75, 3.05) is 39.3 Å². The summed E-state index contributed by atoms with van der Waals surface area (Å²) in [5.41, 5.74) is 0.698. The van der Waals surface area contributed by atoms with Gasteiger partial charge in [-0.3, -0.25) is 9.59 Å². The largest absolute Gasteiger partial charge is 0.465 e. The number of carbonyl (C=O) groups excluding carboxylic acids is 2. The van der Waals surface area contributed by atoms with Crippen LogP contribution in [-0.2, 0) is 14.3 Å². The second-order valence-electron chi connectivity index (χ2n) is 5.36. The van der Waals surface area contributed by atoms with E-state index in [1.807, 2.05) is 30.3 Å². The van der Waals surface area contributed by atoms with Gasteiger partial charge >= 0.3 is 5.97 Å². The molecule has 0 aliphatic carbocycles. The van der Waals surface area contributed by atoms with Crippen LogP contribution in [0.3, 0.4) is 0 Å². The molecule has 1 aliphatic heterocycles. The monoisotopic (exact) mass is 304 g/mol. The Morgan fingerprint density at radius 1 is 1.09 bits per heavy atom. The quantitative estimate of drug-likeness (QED) is 0.611. The highest BCUT2D eigenvalue weighted by Gasteiger charge is 2.34. The van der Waals surface area contributed by atoms with Crippen LogP contribution in [0, 0.1) is 0 Å². The smallest absolute Gasteiger partial charge is 0.323 e. The second-order valence-corrected chi connectivity index (χ2v) is 5.36. The Bertz CT molecular complexity index is 496. The zero-order valence-electron chi connectivity index (χ0n) is 13.3. The van der Waals surface area contributed by atoms with Crippen LogP contribution in [0.4, 0.5) is 0 Å². The number of amides is 1. The van der Waals surface area contributed by atoms with E-state index in [1.165, 1.54) is 0 Å². The van der Waals surface area contributed by atoms with Crippen LogP contribution in [0.1, 0.15) is 25.3 Å². The lowest BCUT2D eigenvalue weighted by Gasteiger charge is -2.35. The molecule has 1 amide bonds. The third-order valence-corrected chi connectivity index (χ3v) is 4.03. The number of carbonyl (C=O) groups is 2. The maximum absolute atomic E-state index is 12.8. The fraction of sp³-hybridized carbons (Fsp3) is 0.529. The molecule has 120 valence electrons. The Kier molecular flexibility index (Phi) is 5.95. The Morgan fingerprint density at radius 3 is 2.27 bits per heavy atom. The number of likely N-dealkylation sites (N-methyl/N-ethyl adjacent to an activating group) is 1. The summed E-state index contributed by atoms with van der Waals surface area (Å²) in [4.78, 5) is 29.2. The normalized spacial score (nSPS) is 17.1. The Balaban J connectivity index is 2.15. The number of hydrogen-bond acceptors (Lipinski definition) is 4.